The van der Waals surface area contributed by atoms with Gasteiger partial charge in [0.2, 0.25) is 0 Å². The Morgan fingerprint density at radius 1 is 1.33 bits per heavy atom. The summed E-state index contributed by atoms with van der Waals surface area (Å²) in [4.78, 5) is 23.4. The van der Waals surface area contributed by atoms with Gasteiger partial charge in [-0.1, -0.05) is 24.3 Å². The molecule has 0 unspecified atom stereocenters. The number of amides is 1. The molecule has 0 heterocycles. The van der Waals surface area contributed by atoms with Gasteiger partial charge in [0.15, 0.2) is 24.2 Å². The SMILES string of the molecule is C=CCNC(=O)[C@@H](C)OC(=O)COc1ccc(/C=C/C)cc1OC. The number of carbonyl (C=O) groups excluding carboxylic acids is 2. The molecule has 1 N–H and O–H groups in total. The van der Waals surface area contributed by atoms with E-state index in [0.717, 1.165) is 5.56 Å². The van der Waals surface area contributed by atoms with Crippen LogP contribution in [0, 0.1) is 0 Å². The van der Waals surface area contributed by atoms with Gasteiger partial charge in [0.05, 0.1) is 7.11 Å². The molecular formula is C18H23NO5. The molecule has 24 heavy (non-hydrogen) atoms. The van der Waals surface area contributed by atoms with Crippen LogP contribution in [-0.2, 0) is 14.3 Å². The summed E-state index contributed by atoms with van der Waals surface area (Å²) < 4.78 is 15.7. The Bertz CT molecular complexity index is 609. The van der Waals surface area contributed by atoms with E-state index in [0.29, 0.717) is 18.0 Å². The van der Waals surface area contributed by atoms with Crippen molar-refractivity contribution >= 4 is 18.0 Å². The zero-order valence-electron chi connectivity index (χ0n) is 14.2. The molecule has 1 rings (SSSR count). The summed E-state index contributed by atoms with van der Waals surface area (Å²) >= 11 is 0. The minimum absolute atomic E-state index is 0.312. The Morgan fingerprint density at radius 2 is 2.08 bits per heavy atom. The first-order valence-electron chi connectivity index (χ1n) is 7.53. The van der Waals surface area contributed by atoms with Crippen LogP contribution in [0.3, 0.4) is 0 Å². The molecule has 6 nitrogen and oxygen atoms in total. The largest absolute Gasteiger partial charge is 0.493 e. The maximum absolute atomic E-state index is 11.8. The number of hydrogen-bond acceptors (Lipinski definition) is 5. The molecular weight excluding hydrogens is 310 g/mol. The number of benzene rings is 1. The molecule has 0 bridgehead atoms. The molecule has 0 fully saturated rings. The van der Waals surface area contributed by atoms with Crippen molar-refractivity contribution in [3.05, 3.63) is 42.5 Å². The molecule has 0 radical (unpaired) electrons. The van der Waals surface area contributed by atoms with Crippen LogP contribution in [-0.4, -0.2) is 38.2 Å². The average Bonchev–Trinajstić information content (AvgIpc) is 2.58. The summed E-state index contributed by atoms with van der Waals surface area (Å²) in [6, 6.07) is 5.35. The van der Waals surface area contributed by atoms with E-state index >= 15 is 0 Å². The summed E-state index contributed by atoms with van der Waals surface area (Å²) in [5.41, 5.74) is 0.955. The highest BCUT2D eigenvalue weighted by Gasteiger charge is 2.18. The first-order valence-corrected chi connectivity index (χ1v) is 7.53. The fraction of sp³-hybridized carbons (Fsp3) is 0.333. The van der Waals surface area contributed by atoms with Crippen molar-refractivity contribution in [2.75, 3.05) is 20.3 Å². The van der Waals surface area contributed by atoms with Gasteiger partial charge < -0.3 is 19.5 Å². The number of nitrogens with one attached hydrogen (secondary N) is 1. The molecule has 1 atom stereocenters. The second-order valence-corrected chi connectivity index (χ2v) is 4.86. The van der Waals surface area contributed by atoms with Gasteiger partial charge in [-0.2, -0.15) is 0 Å². The highest BCUT2D eigenvalue weighted by Crippen LogP contribution is 2.28. The fourth-order valence-corrected chi connectivity index (χ4v) is 1.84. The minimum Gasteiger partial charge on any atom is -0.493 e. The molecule has 6 heteroatoms. The van der Waals surface area contributed by atoms with Crippen molar-refractivity contribution in [3.63, 3.8) is 0 Å². The standard InChI is InChI=1S/C18H23NO5/c1-5-7-14-8-9-15(16(11-14)22-4)23-12-17(20)24-13(3)18(21)19-10-6-2/h5-9,11,13H,2,10,12H2,1,3-4H3,(H,19,21)/b7-5+/t13-/m1/s1. The highest BCUT2D eigenvalue weighted by molar-refractivity contribution is 5.83. The van der Waals surface area contributed by atoms with E-state index in [-0.39, 0.29) is 6.61 Å². The van der Waals surface area contributed by atoms with Crippen molar-refractivity contribution in [3.8, 4) is 11.5 Å². The van der Waals surface area contributed by atoms with Crippen molar-refractivity contribution in [2.24, 2.45) is 0 Å². The first-order chi connectivity index (χ1) is 11.5. The number of hydrogen-bond donors (Lipinski definition) is 1. The maximum atomic E-state index is 11.8. The smallest absolute Gasteiger partial charge is 0.344 e. The van der Waals surface area contributed by atoms with Gasteiger partial charge in [0.25, 0.3) is 5.91 Å². The summed E-state index contributed by atoms with van der Waals surface area (Å²) in [5.74, 6) is -0.103. The van der Waals surface area contributed by atoms with Crippen LogP contribution in [0.5, 0.6) is 11.5 Å². The van der Waals surface area contributed by atoms with E-state index in [1.165, 1.54) is 14.0 Å². The maximum Gasteiger partial charge on any atom is 0.344 e. The zero-order chi connectivity index (χ0) is 17.9. The Kier molecular flexibility index (Phi) is 8.11. The predicted molar refractivity (Wildman–Crippen MR) is 92.0 cm³/mol. The number of carbonyl (C=O) groups is 2. The second-order valence-electron chi connectivity index (χ2n) is 4.86. The molecule has 0 aromatic heterocycles. The van der Waals surface area contributed by atoms with E-state index < -0.39 is 18.0 Å². The van der Waals surface area contributed by atoms with Gasteiger partial charge in [-0.15, -0.1) is 6.58 Å². The molecule has 0 saturated heterocycles. The van der Waals surface area contributed by atoms with Gasteiger partial charge in [0, 0.05) is 6.54 Å². The summed E-state index contributed by atoms with van der Waals surface area (Å²) in [6.07, 6.45) is 4.47. The van der Waals surface area contributed by atoms with E-state index in [9.17, 15) is 9.59 Å². The van der Waals surface area contributed by atoms with Crippen LogP contribution in [0.15, 0.2) is 36.9 Å². The summed E-state index contributed by atoms with van der Waals surface area (Å²) in [6.45, 7) is 6.89. The van der Waals surface area contributed by atoms with Crippen LogP contribution >= 0.6 is 0 Å². The van der Waals surface area contributed by atoms with Crippen LogP contribution in [0.4, 0.5) is 0 Å². The third-order valence-electron chi connectivity index (χ3n) is 2.99. The van der Waals surface area contributed by atoms with Gasteiger partial charge in [-0.3, -0.25) is 4.79 Å². The van der Waals surface area contributed by atoms with Crippen molar-refractivity contribution < 1.29 is 23.8 Å². The number of ether oxygens (including phenoxy) is 3. The molecule has 0 spiro atoms. The number of methoxy groups -OCH3 is 1. The normalized spacial score (nSPS) is 11.6. The number of allylic oxidation sites excluding steroid dienone is 1. The summed E-state index contributed by atoms with van der Waals surface area (Å²) in [7, 11) is 1.52. The third-order valence-corrected chi connectivity index (χ3v) is 2.99. The molecule has 0 aliphatic carbocycles. The summed E-state index contributed by atoms with van der Waals surface area (Å²) in [5, 5.41) is 2.55. The number of esters is 1. The highest BCUT2D eigenvalue weighted by atomic mass is 16.6. The molecule has 0 saturated carbocycles. The zero-order valence-corrected chi connectivity index (χ0v) is 14.2. The molecule has 1 aromatic carbocycles. The van der Waals surface area contributed by atoms with Crippen molar-refractivity contribution in [1.82, 2.24) is 5.32 Å². The topological polar surface area (TPSA) is 73.9 Å². The van der Waals surface area contributed by atoms with Crippen LogP contribution < -0.4 is 14.8 Å². The lowest BCUT2D eigenvalue weighted by Gasteiger charge is -2.14. The van der Waals surface area contributed by atoms with Gasteiger partial charge in [-0.25, -0.2) is 4.79 Å². The lowest BCUT2D eigenvalue weighted by molar-refractivity contribution is -0.156. The second kappa shape index (κ2) is 10.1. The van der Waals surface area contributed by atoms with E-state index in [4.69, 9.17) is 14.2 Å². The van der Waals surface area contributed by atoms with Crippen LogP contribution in [0.2, 0.25) is 0 Å². The molecule has 130 valence electrons. The van der Waals surface area contributed by atoms with E-state index in [1.807, 2.05) is 25.1 Å². The Labute approximate surface area is 142 Å². The quantitative estimate of drug-likeness (QED) is 0.555. The minimum atomic E-state index is -0.903. The Balaban J connectivity index is 2.57. The third kappa shape index (κ3) is 6.16. The molecule has 1 aromatic rings. The molecule has 0 aliphatic heterocycles. The average molecular weight is 333 g/mol. The van der Waals surface area contributed by atoms with Gasteiger partial charge >= 0.3 is 5.97 Å². The number of rotatable bonds is 9. The Hall–Kier alpha value is -2.76. The molecule has 1 amide bonds. The van der Waals surface area contributed by atoms with Gasteiger partial charge in [0.1, 0.15) is 0 Å². The van der Waals surface area contributed by atoms with Gasteiger partial charge in [-0.05, 0) is 31.5 Å². The van der Waals surface area contributed by atoms with E-state index in [1.54, 1.807) is 18.2 Å². The van der Waals surface area contributed by atoms with E-state index in [2.05, 4.69) is 11.9 Å². The monoisotopic (exact) mass is 333 g/mol. The van der Waals surface area contributed by atoms with Crippen LogP contribution in [0.25, 0.3) is 6.08 Å². The van der Waals surface area contributed by atoms with Crippen molar-refractivity contribution in [2.45, 2.75) is 20.0 Å². The van der Waals surface area contributed by atoms with Crippen LogP contribution in [0.1, 0.15) is 19.4 Å². The fourth-order valence-electron chi connectivity index (χ4n) is 1.84. The first kappa shape index (κ1) is 19.3. The molecule has 0 aliphatic rings. The lowest BCUT2D eigenvalue weighted by Crippen LogP contribution is -2.36. The lowest BCUT2D eigenvalue weighted by atomic mass is 10.2. The predicted octanol–water partition coefficient (Wildman–Crippen LogP) is 2.34. The van der Waals surface area contributed by atoms with Crippen molar-refractivity contribution in [1.29, 1.82) is 0 Å². The Morgan fingerprint density at radius 3 is 2.71 bits per heavy atom.